The molecule has 11 radical (unpaired) electrons. The average molecular weight is 685 g/mol. The summed E-state index contributed by atoms with van der Waals surface area (Å²) in [7, 11) is 0. The van der Waals surface area contributed by atoms with E-state index in [2.05, 4.69) is 0 Å². The van der Waals surface area contributed by atoms with Gasteiger partial charge in [0.1, 0.15) is 0 Å². The van der Waals surface area contributed by atoms with Crippen molar-refractivity contribution in [2.45, 2.75) is 0 Å². The van der Waals surface area contributed by atoms with Crippen LogP contribution in [0.5, 0.6) is 0 Å². The van der Waals surface area contributed by atoms with Crippen molar-refractivity contribution >= 4 is 85.7 Å². The number of hydrogen-bond acceptors (Lipinski definition) is 0. The average Bonchev–Trinajstić information content (AvgIpc) is 0. The first kappa shape index (κ1) is 37.6. The van der Waals surface area contributed by atoms with Crippen LogP contribution in [0.2, 0.25) is 0 Å². The predicted octanol–water partition coefficient (Wildman–Crippen LogP) is -1.53. The third-order valence-corrected chi connectivity index (χ3v) is 0. The Bertz CT molecular complexity index is 11.6. The van der Waals surface area contributed by atoms with Crippen LogP contribution in [0.4, 0.5) is 0 Å². The minimum absolute atomic E-state index is 0. The van der Waals surface area contributed by atoms with Gasteiger partial charge in [-0.1, -0.05) is 0 Å². The van der Waals surface area contributed by atoms with Gasteiger partial charge in [-0.25, -0.2) is 0 Å². The number of rotatable bonds is 0. The van der Waals surface area contributed by atoms with Crippen molar-refractivity contribution in [1.82, 2.24) is 0 Å². The zero-order valence-corrected chi connectivity index (χ0v) is 17.6. The van der Waals surface area contributed by atoms with Gasteiger partial charge >= 0.3 is 0 Å². The monoisotopic (exact) mass is 687 g/mol. The normalized spacial score (nSPS) is 0. The van der Waals surface area contributed by atoms with E-state index in [4.69, 9.17) is 0 Å². The third kappa shape index (κ3) is 18.3. The number of hydrogen-bond donors (Lipinski definition) is 0. The van der Waals surface area contributed by atoms with Gasteiger partial charge in [-0.2, -0.15) is 0 Å². The molecule has 0 aromatic heterocycles. The minimum atomic E-state index is 0. The molecule has 0 aromatic carbocycles. The molecule has 0 nitrogen and oxygen atoms in total. The molecule has 0 saturated heterocycles. The van der Waals surface area contributed by atoms with Gasteiger partial charge < -0.3 is 0 Å². The summed E-state index contributed by atoms with van der Waals surface area (Å²) in [4.78, 5) is 0. The second kappa shape index (κ2) is 25.2. The molecule has 0 rings (SSSR count). The molecule has 0 aliphatic heterocycles. The first-order chi connectivity index (χ1) is 0. The smallest absolute Gasteiger partial charge is 0 e. The second-order valence-electron chi connectivity index (χ2n) is 0. The van der Waals surface area contributed by atoms with Crippen LogP contribution in [0.1, 0.15) is 0 Å². The molecular weight excluding hydrogens is 685 g/mol. The van der Waals surface area contributed by atoms with Crippen LogP contribution in [0, 0.1) is 0 Å². The van der Waals surface area contributed by atoms with Crippen molar-refractivity contribution in [3.05, 3.63) is 0 Å². The van der Waals surface area contributed by atoms with E-state index in [0.717, 1.165) is 0 Å². The fourth-order valence-corrected chi connectivity index (χ4v) is 0. The first-order valence-corrected chi connectivity index (χ1v) is 0. The van der Waals surface area contributed by atoms with Crippen molar-refractivity contribution < 1.29 is 27.7 Å². The van der Waals surface area contributed by atoms with Crippen LogP contribution in [0.15, 0.2) is 0 Å². The predicted molar refractivity (Wildman–Crippen MR) is 23.0 cm³/mol. The van der Waals surface area contributed by atoms with E-state index in [1.165, 1.54) is 0 Å². The molecule has 0 spiro atoms. The largest absolute Gasteiger partial charge is 0 e. The Morgan fingerprint density at radius 3 is 1.00 bits per heavy atom. The van der Waals surface area contributed by atoms with Crippen molar-refractivity contribution in [3.8, 4) is 0 Å². The molecule has 0 bridgehead atoms. The maximum atomic E-state index is 0. The van der Waals surface area contributed by atoms with Crippen LogP contribution in [0.3, 0.4) is 0 Å². The van der Waals surface area contributed by atoms with E-state index < -0.39 is 0 Å². The quantitative estimate of drug-likeness (QED) is 0.272. The first-order valence-electron chi connectivity index (χ1n) is 0. The maximum absolute atomic E-state index is 0. The van der Waals surface area contributed by atoms with E-state index in [1.54, 1.807) is 0 Å². The Labute approximate surface area is 111 Å². The van der Waals surface area contributed by atoms with Gasteiger partial charge in [0.05, 0.1) is 0 Å². The van der Waals surface area contributed by atoms with Gasteiger partial charge in [-0.05, 0) is 0 Å². The summed E-state index contributed by atoms with van der Waals surface area (Å²) < 4.78 is 0. The zero-order valence-electron chi connectivity index (χ0n) is 2.46. The molecule has 0 aromatic rings. The molecule has 0 aliphatic rings. The van der Waals surface area contributed by atoms with Crippen LogP contribution in [0.25, 0.3) is 0 Å². The molecule has 0 N–H and O–H groups in total. The Kier molecular flexibility index (Phi) is 190. The van der Waals surface area contributed by atoms with Gasteiger partial charge in [0.15, 0.2) is 0 Å². The van der Waals surface area contributed by atoms with Crippen LogP contribution in [-0.2, 0) is 27.7 Å². The van der Waals surface area contributed by atoms with Crippen molar-refractivity contribution in [2.24, 2.45) is 0 Å². The summed E-state index contributed by atoms with van der Waals surface area (Å²) in [6.45, 7) is 0. The van der Waals surface area contributed by atoms with Gasteiger partial charge in [-0.15, -0.1) is 0 Å². The van der Waals surface area contributed by atoms with Crippen molar-refractivity contribution in [1.29, 1.82) is 0 Å². The molecule has 5 heavy (non-hydrogen) atoms. The topological polar surface area (TPSA) is 0 Å². The van der Waals surface area contributed by atoms with E-state index in [-0.39, 0.29) is 113 Å². The second-order valence-corrected chi connectivity index (χ2v) is 0. The van der Waals surface area contributed by atoms with Crippen molar-refractivity contribution in [2.75, 3.05) is 0 Å². The van der Waals surface area contributed by atoms with Gasteiger partial charge in [0.25, 0.3) is 0 Å². The fourth-order valence-electron chi connectivity index (χ4n) is 0. The molecule has 0 heterocycles. The fraction of sp³-hybridized carbons (Fsp3) is 0. The molecular formula is AsBiHgSbSe. The van der Waals surface area contributed by atoms with Crippen molar-refractivity contribution in [3.63, 3.8) is 0 Å². The SMILES string of the molecule is [As].[Bi].[Hg].[Sb].[Se]. The van der Waals surface area contributed by atoms with Gasteiger partial charge in [0, 0.05) is 113 Å². The molecule has 0 fully saturated rings. The standard InChI is InChI=1S/As.Bi.Hg.Sb.Se. The van der Waals surface area contributed by atoms with Crippen LogP contribution < -0.4 is 0 Å². The Hall–Kier alpha value is 3.71. The Morgan fingerprint density at radius 2 is 1.00 bits per heavy atom. The summed E-state index contributed by atoms with van der Waals surface area (Å²) in [5.41, 5.74) is 0. The molecule has 5 heteroatoms. The summed E-state index contributed by atoms with van der Waals surface area (Å²) in [5.74, 6) is 0. The molecule has 0 amide bonds. The molecule has 23 valence electrons. The van der Waals surface area contributed by atoms with E-state index in [1.807, 2.05) is 0 Å². The maximum Gasteiger partial charge on any atom is 0 e. The summed E-state index contributed by atoms with van der Waals surface area (Å²) in [5, 5.41) is 0. The van der Waals surface area contributed by atoms with E-state index in [9.17, 15) is 0 Å². The summed E-state index contributed by atoms with van der Waals surface area (Å²) in [6, 6.07) is 0. The zero-order chi connectivity index (χ0) is 0. The van der Waals surface area contributed by atoms with E-state index in [0.29, 0.717) is 0 Å². The Morgan fingerprint density at radius 1 is 1.00 bits per heavy atom. The van der Waals surface area contributed by atoms with Crippen LogP contribution >= 0.6 is 0 Å². The van der Waals surface area contributed by atoms with Gasteiger partial charge in [-0.3, -0.25) is 0 Å². The summed E-state index contributed by atoms with van der Waals surface area (Å²) >= 11 is 0. The van der Waals surface area contributed by atoms with Crippen LogP contribution in [-0.4, -0.2) is 85.7 Å². The molecule has 0 saturated carbocycles. The Balaban J connectivity index is 0. The molecule has 0 unspecified atom stereocenters. The molecule has 0 atom stereocenters. The summed E-state index contributed by atoms with van der Waals surface area (Å²) in [6.07, 6.45) is 0. The van der Waals surface area contributed by atoms with Gasteiger partial charge in [0.2, 0.25) is 0 Å². The molecule has 0 aliphatic carbocycles. The minimum Gasteiger partial charge on any atom is 0 e. The van der Waals surface area contributed by atoms with E-state index >= 15 is 0 Å². The third-order valence-electron chi connectivity index (χ3n) is 0.